The van der Waals surface area contributed by atoms with E-state index in [4.69, 9.17) is 14.2 Å². The number of amides is 3. The number of aromatic nitrogens is 3. The van der Waals surface area contributed by atoms with E-state index in [1.54, 1.807) is 35.2 Å². The number of rotatable bonds is 2. The van der Waals surface area contributed by atoms with Crippen molar-refractivity contribution in [2.24, 2.45) is 0 Å². The number of aromatic amines is 1. The van der Waals surface area contributed by atoms with Crippen LogP contribution in [0.15, 0.2) is 60.7 Å². The van der Waals surface area contributed by atoms with Crippen molar-refractivity contribution in [3.63, 3.8) is 0 Å². The van der Waals surface area contributed by atoms with Crippen LogP contribution in [0.3, 0.4) is 0 Å². The molecular weight excluding hydrogens is 528 g/mol. The number of nitrogens with zero attached hydrogens (tertiary/aromatic N) is 3. The fourth-order valence-electron chi connectivity index (χ4n) is 4.99. The first-order valence-electron chi connectivity index (χ1n) is 13.2. The van der Waals surface area contributed by atoms with Crippen LogP contribution < -0.4 is 24.8 Å². The molecule has 3 N–H and O–H groups in total. The summed E-state index contributed by atoms with van der Waals surface area (Å²) in [6.45, 7) is 0.757. The van der Waals surface area contributed by atoms with E-state index in [0.717, 1.165) is 5.56 Å². The lowest BCUT2D eigenvalue weighted by molar-refractivity contribution is -0.123. The zero-order valence-electron chi connectivity index (χ0n) is 22.3. The molecule has 7 rings (SSSR count). The Kier molecular flexibility index (Phi) is 7.11. The smallest absolute Gasteiger partial charge is 0.258 e. The molecular formula is C29H28N6O6. The van der Waals surface area contributed by atoms with E-state index < -0.39 is 12.1 Å². The number of benzene rings is 3. The maximum Gasteiger partial charge on any atom is 0.258 e. The van der Waals surface area contributed by atoms with E-state index in [9.17, 15) is 14.4 Å². The topological polar surface area (TPSA) is 148 Å². The molecule has 0 spiro atoms. The Balaban J connectivity index is 1.29. The first-order valence-corrected chi connectivity index (χ1v) is 13.2. The highest BCUT2D eigenvalue weighted by atomic mass is 16.5. The SMILES string of the molecule is COc1ccc2cc1OCC(=O)NCc1ccc(cc1)O[C@@H]1CCN(C(=O)c3ccc4n[nH]nc4c3)C[C@@H]1NC2=O. The normalized spacial score (nSPS) is 19.3. The summed E-state index contributed by atoms with van der Waals surface area (Å²) >= 11 is 0. The Morgan fingerprint density at radius 1 is 1.02 bits per heavy atom. The maximum atomic E-state index is 13.5. The van der Waals surface area contributed by atoms with E-state index >= 15 is 0 Å². The Labute approximate surface area is 235 Å². The minimum Gasteiger partial charge on any atom is -0.493 e. The number of fused-ring (bicyclic) bond motifs is 8. The summed E-state index contributed by atoms with van der Waals surface area (Å²) in [5.74, 6) is 0.415. The van der Waals surface area contributed by atoms with Gasteiger partial charge in [-0.15, -0.1) is 0 Å². The fourth-order valence-corrected chi connectivity index (χ4v) is 4.99. The highest BCUT2D eigenvalue weighted by Gasteiger charge is 2.35. The molecule has 210 valence electrons. The molecule has 3 aliphatic heterocycles. The molecule has 12 nitrogen and oxygen atoms in total. The van der Waals surface area contributed by atoms with Crippen molar-refractivity contribution in [2.45, 2.75) is 25.1 Å². The summed E-state index contributed by atoms with van der Waals surface area (Å²) in [6, 6.07) is 16.8. The zero-order chi connectivity index (χ0) is 28.3. The Morgan fingerprint density at radius 3 is 2.68 bits per heavy atom. The summed E-state index contributed by atoms with van der Waals surface area (Å²) in [5, 5.41) is 16.6. The predicted octanol–water partition coefficient (Wildman–Crippen LogP) is 2.07. The number of carbonyl (C=O) groups excluding carboxylic acids is 3. The van der Waals surface area contributed by atoms with Gasteiger partial charge in [0, 0.05) is 37.2 Å². The molecule has 41 heavy (non-hydrogen) atoms. The summed E-state index contributed by atoms with van der Waals surface area (Å²) < 4.78 is 17.4. The third-order valence-electron chi connectivity index (χ3n) is 7.20. The van der Waals surface area contributed by atoms with Gasteiger partial charge >= 0.3 is 0 Å². The lowest BCUT2D eigenvalue weighted by atomic mass is 9.99. The molecule has 0 unspecified atom stereocenters. The van der Waals surface area contributed by atoms with Crippen LogP contribution in [-0.4, -0.2) is 77.0 Å². The summed E-state index contributed by atoms with van der Waals surface area (Å²) in [4.78, 5) is 41.0. The van der Waals surface area contributed by atoms with Gasteiger partial charge in [0.05, 0.1) is 13.2 Å². The Morgan fingerprint density at radius 2 is 1.85 bits per heavy atom. The van der Waals surface area contributed by atoms with E-state index in [1.165, 1.54) is 13.2 Å². The molecule has 3 aromatic carbocycles. The Bertz CT molecular complexity index is 1600. The van der Waals surface area contributed by atoms with Gasteiger partial charge in [0.25, 0.3) is 17.7 Å². The van der Waals surface area contributed by atoms with Crippen molar-refractivity contribution in [1.82, 2.24) is 30.9 Å². The van der Waals surface area contributed by atoms with Crippen molar-refractivity contribution in [3.8, 4) is 17.2 Å². The minimum absolute atomic E-state index is 0.173. The van der Waals surface area contributed by atoms with Gasteiger partial charge in [-0.2, -0.15) is 15.4 Å². The van der Waals surface area contributed by atoms with Crippen molar-refractivity contribution >= 4 is 28.8 Å². The number of nitrogens with one attached hydrogen (secondary N) is 3. The highest BCUT2D eigenvalue weighted by Crippen LogP contribution is 2.29. The predicted molar refractivity (Wildman–Crippen MR) is 147 cm³/mol. The fraction of sp³-hybridized carbons (Fsp3) is 0.276. The largest absolute Gasteiger partial charge is 0.493 e. The lowest BCUT2D eigenvalue weighted by Gasteiger charge is -2.39. The van der Waals surface area contributed by atoms with Crippen LogP contribution in [0, 0.1) is 0 Å². The third kappa shape index (κ3) is 5.62. The quantitative estimate of drug-likeness (QED) is 0.340. The molecule has 0 saturated carbocycles. The van der Waals surface area contributed by atoms with E-state index in [2.05, 4.69) is 26.0 Å². The van der Waals surface area contributed by atoms with Gasteiger partial charge in [-0.25, -0.2) is 0 Å². The molecule has 4 aromatic rings. The number of hydrogen-bond acceptors (Lipinski definition) is 8. The molecule has 4 bridgehead atoms. The van der Waals surface area contributed by atoms with Gasteiger partial charge in [-0.1, -0.05) is 12.1 Å². The zero-order valence-corrected chi connectivity index (χ0v) is 22.3. The number of hydrogen-bond donors (Lipinski definition) is 3. The molecule has 2 atom stereocenters. The monoisotopic (exact) mass is 556 g/mol. The molecule has 0 aliphatic carbocycles. The number of H-pyrrole nitrogens is 1. The van der Waals surface area contributed by atoms with Crippen LogP contribution in [0.4, 0.5) is 0 Å². The first-order chi connectivity index (χ1) is 20.0. The van der Waals surface area contributed by atoms with Crippen molar-refractivity contribution in [2.75, 3.05) is 26.8 Å². The molecule has 1 saturated heterocycles. The average molecular weight is 557 g/mol. The summed E-state index contributed by atoms with van der Waals surface area (Å²) in [7, 11) is 1.48. The van der Waals surface area contributed by atoms with Crippen LogP contribution in [-0.2, 0) is 11.3 Å². The molecule has 3 aliphatic rings. The molecule has 0 radical (unpaired) electrons. The van der Waals surface area contributed by atoms with Gasteiger partial charge in [-0.3, -0.25) is 14.4 Å². The minimum atomic E-state index is -0.513. The van der Waals surface area contributed by atoms with Gasteiger partial charge in [0.2, 0.25) is 0 Å². The second-order valence-corrected chi connectivity index (χ2v) is 9.88. The number of methoxy groups -OCH3 is 1. The van der Waals surface area contributed by atoms with Crippen molar-refractivity contribution in [3.05, 3.63) is 77.4 Å². The van der Waals surface area contributed by atoms with Crippen LogP contribution in [0.2, 0.25) is 0 Å². The number of likely N-dealkylation sites (tertiary alicyclic amines) is 1. The summed E-state index contributed by atoms with van der Waals surface area (Å²) in [6.07, 6.45) is 0.105. The van der Waals surface area contributed by atoms with Crippen LogP contribution in [0.1, 0.15) is 32.7 Å². The lowest BCUT2D eigenvalue weighted by Crippen LogP contribution is -2.58. The van der Waals surface area contributed by atoms with Crippen molar-refractivity contribution < 1.29 is 28.6 Å². The maximum absolute atomic E-state index is 13.5. The first kappa shape index (κ1) is 26.1. The van der Waals surface area contributed by atoms with Crippen LogP contribution >= 0.6 is 0 Å². The molecule has 1 aromatic heterocycles. The Hall–Kier alpha value is -5.13. The number of carbonyl (C=O) groups is 3. The average Bonchev–Trinajstić information content (AvgIpc) is 3.47. The van der Waals surface area contributed by atoms with E-state index in [0.29, 0.717) is 53.2 Å². The third-order valence-corrected chi connectivity index (χ3v) is 7.20. The number of ether oxygens (including phenoxy) is 3. The second-order valence-electron chi connectivity index (χ2n) is 9.88. The van der Waals surface area contributed by atoms with E-state index in [1.807, 2.05) is 24.3 Å². The second kappa shape index (κ2) is 11.2. The molecule has 4 heterocycles. The van der Waals surface area contributed by atoms with Gasteiger partial charge < -0.3 is 29.7 Å². The van der Waals surface area contributed by atoms with E-state index in [-0.39, 0.29) is 36.6 Å². The molecule has 12 heteroatoms. The van der Waals surface area contributed by atoms with Crippen molar-refractivity contribution in [1.29, 1.82) is 0 Å². The van der Waals surface area contributed by atoms with Gasteiger partial charge in [0.15, 0.2) is 18.1 Å². The number of piperidine rings is 1. The van der Waals surface area contributed by atoms with Gasteiger partial charge in [0.1, 0.15) is 22.9 Å². The van der Waals surface area contributed by atoms with Gasteiger partial charge in [-0.05, 0) is 54.1 Å². The molecule has 3 amide bonds. The summed E-state index contributed by atoms with van der Waals surface area (Å²) in [5.41, 5.74) is 2.96. The highest BCUT2D eigenvalue weighted by molar-refractivity contribution is 5.98. The standard InChI is InChI=1S/C29H28N6O6/c1-39-25-9-5-18-13-26(25)40-16-27(36)30-14-17-2-6-20(7-3-17)41-24-10-11-35(15-23(24)31-28(18)37)29(38)19-4-8-21-22(12-19)33-34-32-21/h2-9,12-13,23-24H,10-11,14-16H2,1H3,(H,30,36)(H,31,37)(H,32,33,34)/t23-,24+/m0/s1. The van der Waals surface area contributed by atoms with Crippen LogP contribution in [0.5, 0.6) is 17.2 Å². The van der Waals surface area contributed by atoms with Crippen LogP contribution in [0.25, 0.3) is 11.0 Å². The molecule has 1 fully saturated rings.